The molecule has 134 valence electrons. The third-order valence-electron chi connectivity index (χ3n) is 3.87. The number of methoxy groups -OCH3 is 1. The number of carbonyl (C=O) groups excluding carboxylic acids is 1. The summed E-state index contributed by atoms with van der Waals surface area (Å²) in [6.07, 6.45) is 0. The standard InChI is InChI=1S/C18H16ClN3O4/c1-21(17(23)12-4-3-5-13(19)10-12)11-16-18(24)26-20-22(16)14-6-8-15(25-2)9-7-14/h3-10H,11H2,1-2H3/p+1. The molecule has 0 unspecified atom stereocenters. The molecule has 0 aliphatic rings. The number of hydrogen-bond donors (Lipinski definition) is 1. The molecule has 0 bridgehead atoms. The summed E-state index contributed by atoms with van der Waals surface area (Å²) in [5, 5.41) is 3.02. The molecule has 0 aliphatic heterocycles. The normalized spacial score (nSPS) is 10.6. The Morgan fingerprint density at radius 3 is 2.65 bits per heavy atom. The van der Waals surface area contributed by atoms with Crippen molar-refractivity contribution in [3.05, 3.63) is 75.2 Å². The number of benzene rings is 2. The Bertz CT molecular complexity index is 979. The fraction of sp³-hybridized carbons (Fsp3) is 0.167. The highest BCUT2D eigenvalue weighted by atomic mass is 35.5. The Kier molecular flexibility index (Phi) is 5.09. The Labute approximate surface area is 154 Å². The summed E-state index contributed by atoms with van der Waals surface area (Å²) in [5.74, 6) is 0.435. The lowest BCUT2D eigenvalue weighted by molar-refractivity contribution is -0.678. The maximum absolute atomic E-state index is 12.6. The molecular formula is C18H17ClN3O4+. The summed E-state index contributed by atoms with van der Waals surface area (Å²) in [7, 11) is 3.18. The van der Waals surface area contributed by atoms with Crippen molar-refractivity contribution in [2.24, 2.45) is 0 Å². The number of amides is 1. The smallest absolute Gasteiger partial charge is 0.432 e. The van der Waals surface area contributed by atoms with Crippen LogP contribution in [0.3, 0.4) is 0 Å². The zero-order valence-corrected chi connectivity index (χ0v) is 15.0. The second-order valence-electron chi connectivity index (χ2n) is 5.63. The molecule has 0 saturated heterocycles. The lowest BCUT2D eigenvalue weighted by Crippen LogP contribution is -2.42. The Balaban J connectivity index is 1.86. The summed E-state index contributed by atoms with van der Waals surface area (Å²) in [4.78, 5) is 26.1. The van der Waals surface area contributed by atoms with Crippen molar-refractivity contribution in [2.45, 2.75) is 6.54 Å². The summed E-state index contributed by atoms with van der Waals surface area (Å²) in [6, 6.07) is 13.7. The van der Waals surface area contributed by atoms with E-state index in [-0.39, 0.29) is 18.1 Å². The fourth-order valence-corrected chi connectivity index (χ4v) is 2.70. The number of rotatable bonds is 5. The number of ether oxygens (including phenoxy) is 1. The third kappa shape index (κ3) is 3.62. The van der Waals surface area contributed by atoms with Crippen molar-refractivity contribution < 1.29 is 18.7 Å². The maximum Gasteiger partial charge on any atom is 0.432 e. The van der Waals surface area contributed by atoms with Gasteiger partial charge in [-0.3, -0.25) is 9.32 Å². The lowest BCUT2D eigenvalue weighted by atomic mass is 10.2. The van der Waals surface area contributed by atoms with Crippen LogP contribution in [0, 0.1) is 0 Å². The van der Waals surface area contributed by atoms with Crippen molar-refractivity contribution in [3.8, 4) is 11.4 Å². The second kappa shape index (κ2) is 7.45. The van der Waals surface area contributed by atoms with Gasteiger partial charge in [0.1, 0.15) is 12.3 Å². The van der Waals surface area contributed by atoms with Crippen LogP contribution in [0.5, 0.6) is 5.75 Å². The Morgan fingerprint density at radius 2 is 2.00 bits per heavy atom. The SMILES string of the molecule is COc1ccc(-[n+]2[nH]oc(=O)c2CN(C)C(=O)c2cccc(Cl)c2)cc1. The number of aromatic nitrogens is 2. The maximum atomic E-state index is 12.6. The van der Waals surface area contributed by atoms with E-state index in [2.05, 4.69) is 5.27 Å². The highest BCUT2D eigenvalue weighted by molar-refractivity contribution is 6.30. The van der Waals surface area contributed by atoms with Gasteiger partial charge in [-0.15, -0.1) is 0 Å². The summed E-state index contributed by atoms with van der Waals surface area (Å²) in [5.41, 5.74) is 0.853. The van der Waals surface area contributed by atoms with Crippen molar-refractivity contribution in [2.75, 3.05) is 14.2 Å². The third-order valence-corrected chi connectivity index (χ3v) is 4.11. The first-order valence-electron chi connectivity index (χ1n) is 7.77. The summed E-state index contributed by atoms with van der Waals surface area (Å²) in [6.45, 7) is 0.0587. The van der Waals surface area contributed by atoms with Gasteiger partial charge in [-0.25, -0.2) is 4.79 Å². The molecule has 26 heavy (non-hydrogen) atoms. The van der Waals surface area contributed by atoms with Crippen molar-refractivity contribution in [3.63, 3.8) is 0 Å². The molecular weight excluding hydrogens is 358 g/mol. The van der Waals surface area contributed by atoms with Crippen LogP contribution in [-0.4, -0.2) is 30.2 Å². The first kappa shape index (κ1) is 17.8. The van der Waals surface area contributed by atoms with Gasteiger partial charge in [-0.05, 0) is 40.3 Å². The first-order chi connectivity index (χ1) is 12.5. The number of carbonyl (C=O) groups is 1. The molecule has 1 heterocycles. The van der Waals surface area contributed by atoms with Crippen molar-refractivity contribution >= 4 is 17.5 Å². The van der Waals surface area contributed by atoms with Crippen LogP contribution in [0.15, 0.2) is 57.8 Å². The van der Waals surface area contributed by atoms with E-state index < -0.39 is 5.63 Å². The van der Waals surface area contributed by atoms with Crippen LogP contribution < -0.4 is 15.0 Å². The largest absolute Gasteiger partial charge is 0.497 e. The number of aromatic amines is 1. The van der Waals surface area contributed by atoms with E-state index in [1.54, 1.807) is 62.7 Å². The molecule has 0 fully saturated rings. The van der Waals surface area contributed by atoms with Crippen molar-refractivity contribution in [1.82, 2.24) is 10.2 Å². The van der Waals surface area contributed by atoms with E-state index in [0.717, 1.165) is 0 Å². The van der Waals surface area contributed by atoms with Gasteiger partial charge in [0.15, 0.2) is 0 Å². The van der Waals surface area contributed by atoms with Gasteiger partial charge < -0.3 is 9.64 Å². The average Bonchev–Trinajstić information content (AvgIpc) is 3.01. The van der Waals surface area contributed by atoms with Crippen LogP contribution in [0.1, 0.15) is 16.1 Å². The highest BCUT2D eigenvalue weighted by Crippen LogP contribution is 2.14. The van der Waals surface area contributed by atoms with E-state index in [0.29, 0.717) is 22.0 Å². The van der Waals surface area contributed by atoms with Gasteiger partial charge in [0.25, 0.3) is 5.91 Å². The molecule has 0 radical (unpaired) electrons. The van der Waals surface area contributed by atoms with Gasteiger partial charge in [-0.1, -0.05) is 17.7 Å². The summed E-state index contributed by atoms with van der Waals surface area (Å²) < 4.78 is 11.5. The van der Waals surface area contributed by atoms with Crippen LogP contribution in [0.4, 0.5) is 0 Å². The first-order valence-corrected chi connectivity index (χ1v) is 8.15. The minimum Gasteiger partial charge on any atom is -0.497 e. The van der Waals surface area contributed by atoms with Gasteiger partial charge >= 0.3 is 11.3 Å². The van der Waals surface area contributed by atoms with E-state index in [9.17, 15) is 9.59 Å². The van der Waals surface area contributed by atoms with E-state index in [4.69, 9.17) is 20.9 Å². The molecule has 0 spiro atoms. The topological polar surface area (TPSA) is 79.4 Å². The molecule has 2 aromatic carbocycles. The molecule has 3 rings (SSSR count). The van der Waals surface area contributed by atoms with Gasteiger partial charge in [0, 0.05) is 29.8 Å². The van der Waals surface area contributed by atoms with Crippen LogP contribution >= 0.6 is 11.6 Å². The Morgan fingerprint density at radius 1 is 1.27 bits per heavy atom. The zero-order chi connectivity index (χ0) is 18.7. The predicted octanol–water partition coefficient (Wildman–Crippen LogP) is 2.18. The molecule has 1 N–H and O–H groups in total. The minimum atomic E-state index is -0.549. The van der Waals surface area contributed by atoms with Crippen LogP contribution in [0.2, 0.25) is 5.02 Å². The van der Waals surface area contributed by atoms with Gasteiger partial charge in [-0.2, -0.15) is 0 Å². The molecule has 0 saturated carbocycles. The van der Waals surface area contributed by atoms with E-state index >= 15 is 0 Å². The number of nitrogens with zero attached hydrogens (tertiary/aromatic N) is 2. The second-order valence-corrected chi connectivity index (χ2v) is 6.07. The molecule has 0 atom stereocenters. The fourth-order valence-electron chi connectivity index (χ4n) is 2.51. The zero-order valence-electron chi connectivity index (χ0n) is 14.2. The van der Waals surface area contributed by atoms with Crippen LogP contribution in [-0.2, 0) is 6.54 Å². The predicted molar refractivity (Wildman–Crippen MR) is 94.7 cm³/mol. The lowest BCUT2D eigenvalue weighted by Gasteiger charge is -2.14. The van der Waals surface area contributed by atoms with E-state index in [1.165, 1.54) is 9.58 Å². The quantitative estimate of drug-likeness (QED) is 0.694. The Hall–Kier alpha value is -3.06. The van der Waals surface area contributed by atoms with E-state index in [1.807, 2.05) is 0 Å². The monoisotopic (exact) mass is 374 g/mol. The number of nitrogens with one attached hydrogen (secondary N) is 1. The summed E-state index contributed by atoms with van der Waals surface area (Å²) >= 11 is 5.94. The number of H-pyrrole nitrogens is 1. The van der Waals surface area contributed by atoms with Gasteiger partial charge in [0.2, 0.25) is 5.69 Å². The molecule has 3 aromatic rings. The molecule has 1 amide bonds. The molecule has 1 aromatic heterocycles. The number of hydrogen-bond acceptors (Lipinski definition) is 4. The molecule has 8 heteroatoms. The number of halogens is 1. The van der Waals surface area contributed by atoms with Gasteiger partial charge in [0.05, 0.1) is 7.11 Å². The van der Waals surface area contributed by atoms with Crippen LogP contribution in [0.25, 0.3) is 5.69 Å². The molecule has 0 aliphatic carbocycles. The molecule has 7 nitrogen and oxygen atoms in total. The van der Waals surface area contributed by atoms with Crippen molar-refractivity contribution in [1.29, 1.82) is 0 Å². The highest BCUT2D eigenvalue weighted by Gasteiger charge is 2.26. The average molecular weight is 375 g/mol. The minimum absolute atomic E-state index is 0.0587.